The molecule has 2 heteroatoms. The zero-order valence-electron chi connectivity index (χ0n) is 9.18. The largest absolute Gasteiger partial charge is 0.292 e. The van der Waals surface area contributed by atoms with Crippen LogP contribution in [0.2, 0.25) is 0 Å². The van der Waals surface area contributed by atoms with Crippen LogP contribution in [-0.4, -0.2) is 10.8 Å². The molecule has 1 aromatic carbocycles. The second-order valence-electron chi connectivity index (χ2n) is 3.75. The first-order valence-corrected chi connectivity index (χ1v) is 5.26. The fourth-order valence-corrected chi connectivity index (χ4v) is 1.64. The van der Waals surface area contributed by atoms with Crippen molar-refractivity contribution in [1.29, 1.82) is 0 Å². The molecular formula is C14H13NO. The van der Waals surface area contributed by atoms with E-state index in [4.69, 9.17) is 0 Å². The lowest BCUT2D eigenvalue weighted by Crippen LogP contribution is -2.07. The van der Waals surface area contributed by atoms with E-state index in [9.17, 15) is 4.79 Å². The fraction of sp³-hybridized carbons (Fsp3) is 0.143. The van der Waals surface area contributed by atoms with E-state index in [0.717, 1.165) is 11.1 Å². The summed E-state index contributed by atoms with van der Waals surface area (Å²) in [5, 5.41) is 0. The molecule has 0 radical (unpaired) electrons. The summed E-state index contributed by atoms with van der Waals surface area (Å²) in [7, 11) is 0. The molecule has 0 N–H and O–H groups in total. The molecule has 0 fully saturated rings. The Morgan fingerprint density at radius 2 is 1.88 bits per heavy atom. The molecule has 0 amide bonds. The molecule has 2 rings (SSSR count). The Labute approximate surface area is 95.0 Å². The van der Waals surface area contributed by atoms with Gasteiger partial charge in [-0.3, -0.25) is 9.78 Å². The molecule has 0 saturated heterocycles. The van der Waals surface area contributed by atoms with Crippen molar-refractivity contribution < 1.29 is 4.79 Å². The SMILES string of the molecule is Cc1cccnc1C(=O)Cc1ccccc1. The first-order valence-electron chi connectivity index (χ1n) is 5.26. The van der Waals surface area contributed by atoms with E-state index < -0.39 is 0 Å². The molecule has 0 aliphatic heterocycles. The number of carbonyl (C=O) groups is 1. The summed E-state index contributed by atoms with van der Waals surface area (Å²) in [6.07, 6.45) is 2.07. The Balaban J connectivity index is 2.19. The van der Waals surface area contributed by atoms with Crippen LogP contribution in [0.15, 0.2) is 48.7 Å². The number of carbonyl (C=O) groups excluding carboxylic acids is 1. The first-order chi connectivity index (χ1) is 7.77. The number of benzene rings is 1. The van der Waals surface area contributed by atoms with Crippen LogP contribution in [0.4, 0.5) is 0 Å². The minimum absolute atomic E-state index is 0.0734. The van der Waals surface area contributed by atoms with Crippen molar-refractivity contribution in [3.8, 4) is 0 Å². The third-order valence-electron chi connectivity index (χ3n) is 2.48. The van der Waals surface area contributed by atoms with Crippen molar-refractivity contribution in [2.45, 2.75) is 13.3 Å². The second kappa shape index (κ2) is 4.71. The molecule has 1 heterocycles. The maximum atomic E-state index is 12.0. The lowest BCUT2D eigenvalue weighted by molar-refractivity contribution is 0.0987. The lowest BCUT2D eigenvalue weighted by Gasteiger charge is -2.03. The normalized spacial score (nSPS) is 10.1. The van der Waals surface area contributed by atoms with Crippen molar-refractivity contribution >= 4 is 5.78 Å². The Hall–Kier alpha value is -1.96. The van der Waals surface area contributed by atoms with Crippen molar-refractivity contribution in [2.24, 2.45) is 0 Å². The summed E-state index contributed by atoms with van der Waals surface area (Å²) in [6.45, 7) is 1.91. The third kappa shape index (κ3) is 2.34. The summed E-state index contributed by atoms with van der Waals surface area (Å²) >= 11 is 0. The van der Waals surface area contributed by atoms with Crippen LogP contribution in [0.1, 0.15) is 21.6 Å². The summed E-state index contributed by atoms with van der Waals surface area (Å²) in [4.78, 5) is 16.1. The van der Waals surface area contributed by atoms with Crippen LogP contribution >= 0.6 is 0 Å². The zero-order chi connectivity index (χ0) is 11.4. The smallest absolute Gasteiger partial charge is 0.185 e. The molecule has 2 nitrogen and oxygen atoms in total. The van der Waals surface area contributed by atoms with E-state index in [-0.39, 0.29) is 5.78 Å². The van der Waals surface area contributed by atoms with E-state index in [1.807, 2.05) is 49.4 Å². The van der Waals surface area contributed by atoms with Gasteiger partial charge in [-0.1, -0.05) is 36.4 Å². The van der Waals surface area contributed by atoms with E-state index in [0.29, 0.717) is 12.1 Å². The summed E-state index contributed by atoms with van der Waals surface area (Å²) in [5.41, 5.74) is 2.53. The van der Waals surface area contributed by atoms with Crippen LogP contribution in [0.3, 0.4) is 0 Å². The van der Waals surface area contributed by atoms with Gasteiger partial charge in [0.1, 0.15) is 5.69 Å². The number of ketones is 1. The molecule has 80 valence electrons. The highest BCUT2D eigenvalue weighted by atomic mass is 16.1. The van der Waals surface area contributed by atoms with Crippen molar-refractivity contribution in [1.82, 2.24) is 4.98 Å². The van der Waals surface area contributed by atoms with Gasteiger partial charge in [-0.15, -0.1) is 0 Å². The van der Waals surface area contributed by atoms with Crippen LogP contribution in [-0.2, 0) is 6.42 Å². The molecule has 0 aliphatic rings. The number of pyridine rings is 1. The second-order valence-corrected chi connectivity index (χ2v) is 3.75. The maximum absolute atomic E-state index is 12.0. The zero-order valence-corrected chi connectivity index (χ0v) is 9.18. The average molecular weight is 211 g/mol. The number of Topliss-reactive ketones (excluding diaryl/α,β-unsaturated/α-hetero) is 1. The third-order valence-corrected chi connectivity index (χ3v) is 2.48. The van der Waals surface area contributed by atoms with Gasteiger partial charge < -0.3 is 0 Å². The molecular weight excluding hydrogens is 198 g/mol. The molecule has 2 aromatic rings. The van der Waals surface area contributed by atoms with Gasteiger partial charge in [0, 0.05) is 12.6 Å². The number of rotatable bonds is 3. The van der Waals surface area contributed by atoms with E-state index in [1.54, 1.807) is 6.20 Å². The highest BCUT2D eigenvalue weighted by Crippen LogP contribution is 2.08. The van der Waals surface area contributed by atoms with Gasteiger partial charge >= 0.3 is 0 Å². The van der Waals surface area contributed by atoms with Gasteiger partial charge in [-0.05, 0) is 24.1 Å². The maximum Gasteiger partial charge on any atom is 0.185 e. The van der Waals surface area contributed by atoms with Gasteiger partial charge in [0.25, 0.3) is 0 Å². The van der Waals surface area contributed by atoms with Crippen molar-refractivity contribution in [2.75, 3.05) is 0 Å². The van der Waals surface area contributed by atoms with E-state index in [1.165, 1.54) is 0 Å². The minimum Gasteiger partial charge on any atom is -0.292 e. The quantitative estimate of drug-likeness (QED) is 0.731. The molecule has 0 aliphatic carbocycles. The van der Waals surface area contributed by atoms with Crippen LogP contribution < -0.4 is 0 Å². The van der Waals surface area contributed by atoms with Crippen molar-refractivity contribution in [3.05, 3.63) is 65.5 Å². The number of aromatic nitrogens is 1. The van der Waals surface area contributed by atoms with E-state index in [2.05, 4.69) is 4.98 Å². The number of hydrogen-bond donors (Lipinski definition) is 0. The van der Waals surface area contributed by atoms with Gasteiger partial charge in [0.15, 0.2) is 5.78 Å². The summed E-state index contributed by atoms with van der Waals surface area (Å²) in [6, 6.07) is 13.5. The molecule has 0 unspecified atom stereocenters. The Morgan fingerprint density at radius 3 is 2.56 bits per heavy atom. The standard InChI is InChI=1S/C14H13NO/c1-11-6-5-9-15-14(11)13(16)10-12-7-3-2-4-8-12/h2-9H,10H2,1H3. The molecule has 0 bridgehead atoms. The van der Waals surface area contributed by atoms with Crippen LogP contribution in [0.25, 0.3) is 0 Å². The van der Waals surface area contributed by atoms with Crippen LogP contribution in [0.5, 0.6) is 0 Å². The average Bonchev–Trinajstić information content (AvgIpc) is 2.31. The molecule has 0 spiro atoms. The Kier molecular flexibility index (Phi) is 3.10. The number of aryl methyl sites for hydroxylation is 1. The summed E-state index contributed by atoms with van der Waals surface area (Å²) in [5.74, 6) is 0.0734. The lowest BCUT2D eigenvalue weighted by atomic mass is 10.0. The molecule has 0 atom stereocenters. The monoisotopic (exact) mass is 211 g/mol. The first kappa shape index (κ1) is 10.6. The topological polar surface area (TPSA) is 30.0 Å². The molecule has 0 saturated carbocycles. The Morgan fingerprint density at radius 1 is 1.12 bits per heavy atom. The predicted molar refractivity (Wildman–Crippen MR) is 63.5 cm³/mol. The Bertz CT molecular complexity index is 491. The van der Waals surface area contributed by atoms with Crippen LogP contribution in [0, 0.1) is 6.92 Å². The number of nitrogens with zero attached hydrogens (tertiary/aromatic N) is 1. The summed E-state index contributed by atoms with van der Waals surface area (Å²) < 4.78 is 0. The van der Waals surface area contributed by atoms with Crippen molar-refractivity contribution in [3.63, 3.8) is 0 Å². The highest BCUT2D eigenvalue weighted by Gasteiger charge is 2.10. The van der Waals surface area contributed by atoms with Gasteiger partial charge in [0.2, 0.25) is 0 Å². The van der Waals surface area contributed by atoms with Gasteiger partial charge in [-0.2, -0.15) is 0 Å². The molecule has 16 heavy (non-hydrogen) atoms. The molecule has 1 aromatic heterocycles. The minimum atomic E-state index is 0.0734. The fourth-order valence-electron chi connectivity index (χ4n) is 1.64. The highest BCUT2D eigenvalue weighted by molar-refractivity contribution is 5.96. The van der Waals surface area contributed by atoms with Gasteiger partial charge in [0.05, 0.1) is 0 Å². The number of hydrogen-bond acceptors (Lipinski definition) is 2. The predicted octanol–water partition coefficient (Wildman–Crippen LogP) is 2.82. The van der Waals surface area contributed by atoms with Gasteiger partial charge in [-0.25, -0.2) is 0 Å². The van der Waals surface area contributed by atoms with E-state index >= 15 is 0 Å².